The van der Waals surface area contributed by atoms with Crippen LogP contribution in [0, 0.1) is 0 Å². The molecule has 0 aliphatic carbocycles. The SMILES string of the molecule is CC(O)c1ccc(OCCCCCCc2ncc[nH]2)cc1.Cl. The molecule has 0 amide bonds. The van der Waals surface area contributed by atoms with Gasteiger partial charge in [-0.2, -0.15) is 0 Å². The number of unbranched alkanes of at least 4 members (excludes halogenated alkanes) is 3. The van der Waals surface area contributed by atoms with Crippen LogP contribution in [0.5, 0.6) is 5.75 Å². The summed E-state index contributed by atoms with van der Waals surface area (Å²) in [6.07, 6.45) is 8.87. The van der Waals surface area contributed by atoms with Crippen molar-refractivity contribution >= 4 is 12.4 Å². The molecule has 22 heavy (non-hydrogen) atoms. The van der Waals surface area contributed by atoms with E-state index in [-0.39, 0.29) is 12.4 Å². The number of hydrogen-bond acceptors (Lipinski definition) is 3. The van der Waals surface area contributed by atoms with Gasteiger partial charge in [0.2, 0.25) is 0 Å². The van der Waals surface area contributed by atoms with Gasteiger partial charge in [0.05, 0.1) is 12.7 Å². The summed E-state index contributed by atoms with van der Waals surface area (Å²) in [7, 11) is 0. The fraction of sp³-hybridized carbons (Fsp3) is 0.471. The molecule has 5 heteroatoms. The lowest BCUT2D eigenvalue weighted by Gasteiger charge is -2.08. The van der Waals surface area contributed by atoms with E-state index >= 15 is 0 Å². The maximum atomic E-state index is 9.43. The van der Waals surface area contributed by atoms with Crippen LogP contribution in [-0.4, -0.2) is 21.7 Å². The predicted octanol–water partition coefficient (Wildman–Crippen LogP) is 4.07. The normalized spacial score (nSPS) is 11.7. The molecule has 2 aromatic rings. The van der Waals surface area contributed by atoms with Gasteiger partial charge in [-0.25, -0.2) is 4.98 Å². The molecule has 0 spiro atoms. The van der Waals surface area contributed by atoms with Crippen LogP contribution in [0.15, 0.2) is 36.7 Å². The molecule has 0 radical (unpaired) electrons. The number of imidazole rings is 1. The van der Waals surface area contributed by atoms with Gasteiger partial charge < -0.3 is 14.8 Å². The molecule has 122 valence electrons. The Morgan fingerprint density at radius 3 is 2.50 bits per heavy atom. The van der Waals surface area contributed by atoms with Crippen molar-refractivity contribution in [3.05, 3.63) is 48.0 Å². The molecule has 0 aliphatic rings. The Bertz CT molecular complexity index is 498. The molecule has 1 unspecified atom stereocenters. The van der Waals surface area contributed by atoms with Crippen LogP contribution in [0.25, 0.3) is 0 Å². The maximum Gasteiger partial charge on any atom is 0.119 e. The quantitative estimate of drug-likeness (QED) is 0.684. The van der Waals surface area contributed by atoms with Gasteiger partial charge in [-0.05, 0) is 37.5 Å². The van der Waals surface area contributed by atoms with Crippen LogP contribution < -0.4 is 4.74 Å². The molecule has 0 bridgehead atoms. The van der Waals surface area contributed by atoms with Gasteiger partial charge in [0.25, 0.3) is 0 Å². The number of H-pyrrole nitrogens is 1. The highest BCUT2D eigenvalue weighted by Crippen LogP contribution is 2.17. The molecular formula is C17H25ClN2O2. The van der Waals surface area contributed by atoms with Crippen LogP contribution >= 0.6 is 12.4 Å². The molecule has 0 saturated carbocycles. The van der Waals surface area contributed by atoms with E-state index in [9.17, 15) is 5.11 Å². The predicted molar refractivity (Wildman–Crippen MR) is 90.6 cm³/mol. The van der Waals surface area contributed by atoms with E-state index in [1.165, 1.54) is 12.8 Å². The summed E-state index contributed by atoms with van der Waals surface area (Å²) in [4.78, 5) is 7.33. The Labute approximate surface area is 138 Å². The summed E-state index contributed by atoms with van der Waals surface area (Å²) in [6, 6.07) is 7.64. The molecule has 1 aromatic carbocycles. The van der Waals surface area contributed by atoms with Crippen molar-refractivity contribution in [2.75, 3.05) is 6.61 Å². The number of aliphatic hydroxyl groups excluding tert-OH is 1. The molecule has 2 rings (SSSR count). The number of ether oxygens (including phenoxy) is 1. The number of nitrogens with zero attached hydrogens (tertiary/aromatic N) is 1. The Morgan fingerprint density at radius 2 is 1.86 bits per heavy atom. The monoisotopic (exact) mass is 324 g/mol. The van der Waals surface area contributed by atoms with E-state index in [1.807, 2.05) is 30.5 Å². The third-order valence-corrected chi connectivity index (χ3v) is 3.49. The molecule has 1 atom stereocenters. The first-order chi connectivity index (χ1) is 10.3. The first-order valence-electron chi connectivity index (χ1n) is 7.65. The van der Waals surface area contributed by atoms with E-state index in [1.54, 1.807) is 13.1 Å². The van der Waals surface area contributed by atoms with Crippen LogP contribution in [0.2, 0.25) is 0 Å². The fourth-order valence-electron chi connectivity index (χ4n) is 2.22. The van der Waals surface area contributed by atoms with E-state index in [4.69, 9.17) is 4.74 Å². The molecule has 0 aliphatic heterocycles. The van der Waals surface area contributed by atoms with Gasteiger partial charge in [0, 0.05) is 18.8 Å². The third kappa shape index (κ3) is 6.50. The highest BCUT2D eigenvalue weighted by atomic mass is 35.5. The van der Waals surface area contributed by atoms with Gasteiger partial charge in [0.1, 0.15) is 11.6 Å². The summed E-state index contributed by atoms with van der Waals surface area (Å²) in [5, 5.41) is 9.43. The van der Waals surface area contributed by atoms with Crippen LogP contribution in [0.1, 0.15) is 50.1 Å². The number of aromatic amines is 1. The summed E-state index contributed by atoms with van der Waals surface area (Å²) in [5.41, 5.74) is 0.917. The van der Waals surface area contributed by atoms with Crippen molar-refractivity contribution in [2.45, 2.75) is 45.1 Å². The number of aliphatic hydroxyl groups is 1. The maximum absolute atomic E-state index is 9.43. The van der Waals surface area contributed by atoms with Gasteiger partial charge in [0.15, 0.2) is 0 Å². The second kappa shape index (κ2) is 10.2. The molecule has 4 nitrogen and oxygen atoms in total. The van der Waals surface area contributed by atoms with Crippen molar-refractivity contribution < 1.29 is 9.84 Å². The molecule has 1 aromatic heterocycles. The number of rotatable bonds is 9. The summed E-state index contributed by atoms with van der Waals surface area (Å²) in [6.45, 7) is 2.51. The average molecular weight is 325 g/mol. The highest BCUT2D eigenvalue weighted by Gasteiger charge is 2.00. The van der Waals surface area contributed by atoms with Gasteiger partial charge >= 0.3 is 0 Å². The number of aromatic nitrogens is 2. The molecule has 2 N–H and O–H groups in total. The number of nitrogens with one attached hydrogen (secondary N) is 1. The number of hydrogen-bond donors (Lipinski definition) is 2. The van der Waals surface area contributed by atoms with Gasteiger partial charge in [-0.3, -0.25) is 0 Å². The van der Waals surface area contributed by atoms with Crippen LogP contribution in [-0.2, 0) is 6.42 Å². The van der Waals surface area contributed by atoms with E-state index in [0.29, 0.717) is 0 Å². The standard InChI is InChI=1S/C17H24N2O2.ClH/c1-14(20)15-7-9-16(10-8-15)21-13-5-3-2-4-6-17-18-11-12-19-17;/h7-12,14,20H,2-6,13H2,1H3,(H,18,19);1H. The molecular weight excluding hydrogens is 300 g/mol. The average Bonchev–Trinajstić information content (AvgIpc) is 3.00. The minimum Gasteiger partial charge on any atom is -0.494 e. The third-order valence-electron chi connectivity index (χ3n) is 3.49. The van der Waals surface area contributed by atoms with Crippen molar-refractivity contribution in [1.29, 1.82) is 0 Å². The molecule has 1 heterocycles. The summed E-state index contributed by atoms with van der Waals surface area (Å²) in [5.74, 6) is 1.94. The lowest BCUT2D eigenvalue weighted by atomic mass is 10.1. The van der Waals surface area contributed by atoms with Crippen LogP contribution in [0.3, 0.4) is 0 Å². The minimum absolute atomic E-state index is 0. The highest BCUT2D eigenvalue weighted by molar-refractivity contribution is 5.85. The first kappa shape index (κ1) is 18.5. The Kier molecular flexibility index (Phi) is 8.63. The second-order valence-corrected chi connectivity index (χ2v) is 5.29. The largest absolute Gasteiger partial charge is 0.494 e. The Hall–Kier alpha value is -1.52. The molecule has 0 saturated heterocycles. The number of benzene rings is 1. The molecule has 0 fully saturated rings. The smallest absolute Gasteiger partial charge is 0.119 e. The zero-order valence-corrected chi connectivity index (χ0v) is 13.8. The van der Waals surface area contributed by atoms with Gasteiger partial charge in [-0.1, -0.05) is 25.0 Å². The first-order valence-corrected chi connectivity index (χ1v) is 7.65. The van der Waals surface area contributed by atoms with E-state index in [0.717, 1.165) is 43.0 Å². The van der Waals surface area contributed by atoms with Crippen molar-refractivity contribution in [3.8, 4) is 5.75 Å². The lowest BCUT2D eigenvalue weighted by molar-refractivity contribution is 0.199. The Balaban J connectivity index is 0.00000242. The summed E-state index contributed by atoms with van der Waals surface area (Å²) < 4.78 is 5.69. The number of halogens is 1. The summed E-state index contributed by atoms with van der Waals surface area (Å²) >= 11 is 0. The van der Waals surface area contributed by atoms with Crippen molar-refractivity contribution in [3.63, 3.8) is 0 Å². The van der Waals surface area contributed by atoms with Crippen LogP contribution in [0.4, 0.5) is 0 Å². The van der Waals surface area contributed by atoms with E-state index < -0.39 is 6.10 Å². The minimum atomic E-state index is -0.423. The van der Waals surface area contributed by atoms with Crippen molar-refractivity contribution in [1.82, 2.24) is 9.97 Å². The van der Waals surface area contributed by atoms with Gasteiger partial charge in [-0.15, -0.1) is 12.4 Å². The zero-order valence-electron chi connectivity index (χ0n) is 13.0. The number of aryl methyl sites for hydroxylation is 1. The zero-order chi connectivity index (χ0) is 14.9. The lowest BCUT2D eigenvalue weighted by Crippen LogP contribution is -1.98. The van der Waals surface area contributed by atoms with Crippen molar-refractivity contribution in [2.24, 2.45) is 0 Å². The second-order valence-electron chi connectivity index (χ2n) is 5.29. The van der Waals surface area contributed by atoms with E-state index in [2.05, 4.69) is 9.97 Å². The topological polar surface area (TPSA) is 58.1 Å². The Morgan fingerprint density at radius 1 is 1.14 bits per heavy atom. The fourth-order valence-corrected chi connectivity index (χ4v) is 2.22.